The van der Waals surface area contributed by atoms with Crippen molar-refractivity contribution in [2.75, 3.05) is 39.3 Å². The van der Waals surface area contributed by atoms with Gasteiger partial charge in [-0.05, 0) is 13.3 Å². The molecular formula is C19H36N2O6. The van der Waals surface area contributed by atoms with Crippen LogP contribution in [0.25, 0.3) is 0 Å². The average molecular weight is 389 g/mol. The minimum atomic E-state index is -1.21. The first-order chi connectivity index (χ1) is 12.7. The molecule has 0 aliphatic rings. The number of carbonyl (C=O) groups is 3. The Labute approximate surface area is 162 Å². The fraction of sp³-hybridized carbons (Fsp3) is 0.842. The normalized spacial score (nSPS) is 15.6. The molecule has 8 nitrogen and oxygen atoms in total. The maximum atomic E-state index is 11.9. The number of aliphatic hydroxyl groups excluding tert-OH is 1. The quantitative estimate of drug-likeness (QED) is 0.252. The summed E-state index contributed by atoms with van der Waals surface area (Å²) < 4.78 is 0.106. The zero-order valence-electron chi connectivity index (χ0n) is 16.9. The molecule has 0 heterocycles. The van der Waals surface area contributed by atoms with Gasteiger partial charge in [0.15, 0.2) is 0 Å². The molecular weight excluding hydrogens is 352 g/mol. The van der Waals surface area contributed by atoms with E-state index >= 15 is 0 Å². The second-order valence-corrected chi connectivity index (χ2v) is 7.50. The lowest BCUT2D eigenvalue weighted by Crippen LogP contribution is -2.59. The second kappa shape index (κ2) is 13.5. The highest BCUT2D eigenvalue weighted by molar-refractivity contribution is 5.75. The monoisotopic (exact) mass is 388 g/mol. The van der Waals surface area contributed by atoms with Crippen LogP contribution in [0, 0.1) is 11.8 Å². The van der Waals surface area contributed by atoms with Gasteiger partial charge in [0.25, 0.3) is 0 Å². The number of carboxylic acids is 2. The van der Waals surface area contributed by atoms with Crippen molar-refractivity contribution < 1.29 is 34.2 Å². The van der Waals surface area contributed by atoms with Crippen LogP contribution in [0.1, 0.15) is 52.9 Å². The van der Waals surface area contributed by atoms with E-state index in [-0.39, 0.29) is 36.6 Å². The maximum absolute atomic E-state index is 11.9. The van der Waals surface area contributed by atoms with Gasteiger partial charge in [0, 0.05) is 18.3 Å². The van der Waals surface area contributed by atoms with Crippen LogP contribution in [-0.4, -0.2) is 71.9 Å². The molecule has 3 atom stereocenters. The first-order valence-corrected chi connectivity index (χ1v) is 9.83. The van der Waals surface area contributed by atoms with Gasteiger partial charge < -0.3 is 29.9 Å². The zero-order valence-corrected chi connectivity index (χ0v) is 16.9. The molecule has 3 N–H and O–H groups in total. The summed E-state index contributed by atoms with van der Waals surface area (Å²) in [6, 6.07) is 0. The Bertz CT molecular complexity index is 447. The molecule has 0 saturated carbocycles. The summed E-state index contributed by atoms with van der Waals surface area (Å²) in [4.78, 5) is 34.4. The van der Waals surface area contributed by atoms with Crippen LogP contribution in [0.2, 0.25) is 0 Å². The third-order valence-electron chi connectivity index (χ3n) is 4.89. The molecule has 3 unspecified atom stereocenters. The Kier molecular flexibility index (Phi) is 12.7. The van der Waals surface area contributed by atoms with E-state index in [2.05, 4.69) is 12.2 Å². The van der Waals surface area contributed by atoms with Crippen molar-refractivity contribution in [2.24, 2.45) is 11.8 Å². The molecule has 0 aromatic heterocycles. The van der Waals surface area contributed by atoms with E-state index in [1.165, 1.54) is 6.92 Å². The summed E-state index contributed by atoms with van der Waals surface area (Å²) in [7, 11) is 0. The predicted octanol–water partition coefficient (Wildman–Crippen LogP) is -0.0112. The van der Waals surface area contributed by atoms with Gasteiger partial charge in [0.1, 0.15) is 12.5 Å². The molecule has 0 spiro atoms. The molecule has 0 radical (unpaired) electrons. The van der Waals surface area contributed by atoms with Gasteiger partial charge in [0.2, 0.25) is 5.91 Å². The van der Waals surface area contributed by atoms with Crippen molar-refractivity contribution >= 4 is 17.8 Å². The molecule has 0 aromatic rings. The van der Waals surface area contributed by atoms with Gasteiger partial charge in [-0.1, -0.05) is 33.1 Å². The minimum Gasteiger partial charge on any atom is -0.550 e. The third-order valence-corrected chi connectivity index (χ3v) is 4.89. The number of unbranched alkanes of at least 4 members (excludes halogenated alkanes) is 3. The van der Waals surface area contributed by atoms with E-state index in [4.69, 9.17) is 0 Å². The van der Waals surface area contributed by atoms with Gasteiger partial charge in [-0.25, -0.2) is 0 Å². The van der Waals surface area contributed by atoms with Gasteiger partial charge in [-0.2, -0.15) is 0 Å². The smallest absolute Gasteiger partial charge is 0.311 e. The van der Waals surface area contributed by atoms with Crippen molar-refractivity contribution in [2.45, 2.75) is 52.9 Å². The van der Waals surface area contributed by atoms with Crippen molar-refractivity contribution in [3.63, 3.8) is 0 Å². The van der Waals surface area contributed by atoms with Crippen molar-refractivity contribution in [1.82, 2.24) is 5.32 Å². The molecule has 8 heteroatoms. The number of nitrogens with one attached hydrogen (secondary N) is 1. The Morgan fingerprint density at radius 2 is 1.67 bits per heavy atom. The lowest BCUT2D eigenvalue weighted by Gasteiger charge is -2.41. The van der Waals surface area contributed by atoms with E-state index in [9.17, 15) is 29.7 Å². The molecule has 27 heavy (non-hydrogen) atoms. The fourth-order valence-electron chi connectivity index (χ4n) is 3.31. The van der Waals surface area contributed by atoms with Crippen LogP contribution in [-0.2, 0) is 14.4 Å². The number of hydrogen-bond donors (Lipinski definition) is 3. The molecule has 0 fully saturated rings. The lowest BCUT2D eigenvalue weighted by molar-refractivity contribution is -0.931. The standard InChI is InChI=1S/C19H36N2O6/c1-4-5-6-7-8-17(23)20-9-10-21(11-12-22,13-15(2)18(24)25)14-16(3)19(26)27/h15-16,22H,4-14H2,1-3H3,(H2-,20,23,24,25,26,27). The van der Waals surface area contributed by atoms with Gasteiger partial charge >= 0.3 is 5.97 Å². The lowest BCUT2D eigenvalue weighted by atomic mass is 10.1. The molecule has 0 aliphatic carbocycles. The number of quaternary nitrogens is 1. The molecule has 0 rings (SSSR count). The molecule has 0 saturated heterocycles. The highest BCUT2D eigenvalue weighted by Gasteiger charge is 2.33. The van der Waals surface area contributed by atoms with E-state index in [0.29, 0.717) is 19.5 Å². The van der Waals surface area contributed by atoms with E-state index < -0.39 is 23.8 Å². The molecule has 0 aliphatic heterocycles. The maximum Gasteiger partial charge on any atom is 0.311 e. The van der Waals surface area contributed by atoms with Crippen LogP contribution in [0.5, 0.6) is 0 Å². The molecule has 0 bridgehead atoms. The van der Waals surface area contributed by atoms with E-state index in [0.717, 1.165) is 25.7 Å². The predicted molar refractivity (Wildman–Crippen MR) is 99.6 cm³/mol. The number of aliphatic carboxylic acids is 2. The Morgan fingerprint density at radius 1 is 1.04 bits per heavy atom. The van der Waals surface area contributed by atoms with Gasteiger partial charge in [0.05, 0.1) is 32.8 Å². The fourth-order valence-corrected chi connectivity index (χ4v) is 3.31. The minimum absolute atomic E-state index is 0.0626. The molecule has 0 aromatic carbocycles. The number of nitrogens with zero attached hydrogens (tertiary/aromatic N) is 1. The van der Waals surface area contributed by atoms with Crippen molar-refractivity contribution in [3.05, 3.63) is 0 Å². The van der Waals surface area contributed by atoms with E-state index in [1.54, 1.807) is 6.92 Å². The number of rotatable bonds is 16. The number of amides is 1. The van der Waals surface area contributed by atoms with Crippen LogP contribution in [0.15, 0.2) is 0 Å². The molecule has 158 valence electrons. The Morgan fingerprint density at radius 3 is 2.19 bits per heavy atom. The Hall–Kier alpha value is -1.67. The number of carbonyl (C=O) groups excluding carboxylic acids is 2. The summed E-state index contributed by atoms with van der Waals surface area (Å²) in [6.07, 6.45) is 4.47. The summed E-state index contributed by atoms with van der Waals surface area (Å²) in [5.74, 6) is -3.74. The number of hydrogen-bond acceptors (Lipinski definition) is 5. The summed E-state index contributed by atoms with van der Waals surface area (Å²) >= 11 is 0. The highest BCUT2D eigenvalue weighted by atomic mass is 16.4. The average Bonchev–Trinajstić information content (AvgIpc) is 2.58. The summed E-state index contributed by atoms with van der Waals surface area (Å²) in [6.45, 7) is 6.19. The SMILES string of the molecule is CCCCCCC(=O)NCC[N+](CCO)(CC(C)C(=O)[O-])CC(C)C(=O)O. The first-order valence-electron chi connectivity index (χ1n) is 9.83. The first kappa shape index (κ1) is 25.3. The molecule has 1 amide bonds. The van der Waals surface area contributed by atoms with E-state index in [1.807, 2.05) is 0 Å². The Balaban J connectivity index is 4.91. The van der Waals surface area contributed by atoms with Crippen molar-refractivity contribution in [1.29, 1.82) is 0 Å². The summed E-state index contributed by atoms with van der Waals surface area (Å²) in [5, 5.41) is 32.7. The van der Waals surface area contributed by atoms with Crippen LogP contribution >= 0.6 is 0 Å². The number of carboxylic acid groups (broad SMARTS) is 2. The highest BCUT2D eigenvalue weighted by Crippen LogP contribution is 2.16. The van der Waals surface area contributed by atoms with Gasteiger partial charge in [-0.15, -0.1) is 0 Å². The summed E-state index contributed by atoms with van der Waals surface area (Å²) in [5.41, 5.74) is 0. The third kappa shape index (κ3) is 10.9. The van der Waals surface area contributed by atoms with Crippen LogP contribution in [0.3, 0.4) is 0 Å². The van der Waals surface area contributed by atoms with Crippen LogP contribution in [0.4, 0.5) is 0 Å². The van der Waals surface area contributed by atoms with Crippen LogP contribution < -0.4 is 10.4 Å². The topological polar surface area (TPSA) is 127 Å². The second-order valence-electron chi connectivity index (χ2n) is 7.50. The van der Waals surface area contributed by atoms with Gasteiger partial charge in [-0.3, -0.25) is 9.59 Å². The largest absolute Gasteiger partial charge is 0.550 e. The van der Waals surface area contributed by atoms with Crippen molar-refractivity contribution in [3.8, 4) is 0 Å². The zero-order chi connectivity index (χ0) is 20.9. The number of aliphatic hydroxyl groups is 1.